The van der Waals surface area contributed by atoms with Gasteiger partial charge in [0.05, 0.1) is 12.5 Å². The van der Waals surface area contributed by atoms with E-state index in [4.69, 9.17) is 4.74 Å². The Morgan fingerprint density at radius 2 is 1.86 bits per heavy atom. The first-order chi connectivity index (χ1) is 9.82. The molecule has 0 heterocycles. The van der Waals surface area contributed by atoms with Crippen LogP contribution < -0.4 is 4.74 Å². The molecule has 0 aliphatic rings. The largest absolute Gasteiger partial charge is 0.466 e. The van der Waals surface area contributed by atoms with Gasteiger partial charge in [0.25, 0.3) is 0 Å². The van der Waals surface area contributed by atoms with Crippen LogP contribution in [0.1, 0.15) is 32.8 Å². The molecule has 0 amide bonds. The maximum absolute atomic E-state index is 12.1. The van der Waals surface area contributed by atoms with E-state index in [2.05, 4.69) is 4.74 Å². The van der Waals surface area contributed by atoms with E-state index in [-0.39, 0.29) is 12.4 Å². The van der Waals surface area contributed by atoms with Gasteiger partial charge < -0.3 is 14.6 Å². The second-order valence-electron chi connectivity index (χ2n) is 4.76. The summed E-state index contributed by atoms with van der Waals surface area (Å²) in [6, 6.07) is 5.57. The molecule has 0 spiro atoms. The number of benzene rings is 1. The molecular formula is C15H20F2O4. The van der Waals surface area contributed by atoms with Crippen molar-refractivity contribution < 1.29 is 28.2 Å². The average Bonchev–Trinajstić information content (AvgIpc) is 2.39. The third kappa shape index (κ3) is 4.39. The van der Waals surface area contributed by atoms with Crippen LogP contribution in [-0.2, 0) is 15.1 Å². The number of halogens is 2. The highest BCUT2D eigenvalue weighted by Gasteiger charge is 2.38. The third-order valence-corrected chi connectivity index (χ3v) is 3.32. The number of alkyl halides is 2. The summed E-state index contributed by atoms with van der Waals surface area (Å²) in [6.45, 7) is 2.28. The topological polar surface area (TPSA) is 55.8 Å². The number of hydrogen-bond donors (Lipinski definition) is 1. The van der Waals surface area contributed by atoms with Crippen molar-refractivity contribution in [1.82, 2.24) is 0 Å². The maximum atomic E-state index is 12.1. The van der Waals surface area contributed by atoms with E-state index < -0.39 is 24.1 Å². The summed E-state index contributed by atoms with van der Waals surface area (Å²) in [7, 11) is 0. The number of carbonyl (C=O) groups excluding carboxylic acids is 1. The van der Waals surface area contributed by atoms with Crippen molar-refractivity contribution in [2.75, 3.05) is 6.61 Å². The van der Waals surface area contributed by atoms with Gasteiger partial charge in [-0.3, -0.25) is 4.79 Å². The monoisotopic (exact) mass is 302 g/mol. The van der Waals surface area contributed by atoms with Gasteiger partial charge in [-0.1, -0.05) is 19.1 Å². The van der Waals surface area contributed by atoms with Gasteiger partial charge in [0.1, 0.15) is 11.4 Å². The molecule has 0 radical (unpaired) electrons. The Bertz CT molecular complexity index is 457. The number of aliphatic hydroxyl groups is 1. The van der Waals surface area contributed by atoms with Crippen LogP contribution in [-0.4, -0.2) is 24.3 Å². The molecular weight excluding hydrogens is 282 g/mol. The lowest BCUT2D eigenvalue weighted by Gasteiger charge is -2.31. The lowest BCUT2D eigenvalue weighted by atomic mass is 9.81. The summed E-state index contributed by atoms with van der Waals surface area (Å²) in [6.07, 6.45) is 0.390. The van der Waals surface area contributed by atoms with Crippen LogP contribution in [0.25, 0.3) is 0 Å². The molecule has 0 bridgehead atoms. The Hall–Kier alpha value is -1.69. The molecule has 0 fully saturated rings. The quantitative estimate of drug-likeness (QED) is 0.786. The van der Waals surface area contributed by atoms with Gasteiger partial charge in [-0.05, 0) is 38.0 Å². The maximum Gasteiger partial charge on any atom is 0.387 e. The van der Waals surface area contributed by atoms with E-state index in [9.17, 15) is 18.7 Å². The number of hydrogen-bond acceptors (Lipinski definition) is 4. The van der Waals surface area contributed by atoms with Gasteiger partial charge in [-0.25, -0.2) is 0 Å². The lowest BCUT2D eigenvalue weighted by Crippen LogP contribution is -2.38. The van der Waals surface area contributed by atoms with Crippen LogP contribution in [0.4, 0.5) is 8.78 Å². The van der Waals surface area contributed by atoms with Crippen molar-refractivity contribution in [3.63, 3.8) is 0 Å². The summed E-state index contributed by atoms with van der Waals surface area (Å²) < 4.78 is 33.4. The first-order valence-corrected chi connectivity index (χ1v) is 6.77. The predicted octanol–water partition coefficient (Wildman–Crippen LogP) is 3.08. The minimum Gasteiger partial charge on any atom is -0.466 e. The molecule has 21 heavy (non-hydrogen) atoms. The second kappa shape index (κ2) is 7.36. The van der Waals surface area contributed by atoms with Gasteiger partial charge in [-0.2, -0.15) is 8.78 Å². The number of esters is 1. The molecule has 0 aliphatic heterocycles. The summed E-state index contributed by atoms with van der Waals surface area (Å²) in [4.78, 5) is 11.9. The Labute approximate surface area is 122 Å². The molecule has 1 N–H and O–H groups in total. The third-order valence-electron chi connectivity index (χ3n) is 3.32. The molecule has 1 rings (SSSR count). The zero-order chi connectivity index (χ0) is 16.0. The van der Waals surface area contributed by atoms with E-state index in [1.165, 1.54) is 31.2 Å². The first-order valence-electron chi connectivity index (χ1n) is 6.77. The highest BCUT2D eigenvalue weighted by atomic mass is 19.3. The van der Waals surface area contributed by atoms with Crippen molar-refractivity contribution >= 4 is 5.97 Å². The highest BCUT2D eigenvalue weighted by Crippen LogP contribution is 2.33. The van der Waals surface area contributed by atoms with Gasteiger partial charge in [0.15, 0.2) is 0 Å². The van der Waals surface area contributed by atoms with Crippen LogP contribution in [0, 0.1) is 5.92 Å². The van der Waals surface area contributed by atoms with E-state index in [1.807, 2.05) is 0 Å². The zero-order valence-corrected chi connectivity index (χ0v) is 12.3. The fourth-order valence-corrected chi connectivity index (χ4v) is 2.21. The number of carbonyl (C=O) groups is 1. The van der Waals surface area contributed by atoms with Crippen LogP contribution >= 0.6 is 0 Å². The molecule has 2 unspecified atom stereocenters. The van der Waals surface area contributed by atoms with Crippen molar-refractivity contribution in [2.24, 2.45) is 5.92 Å². The van der Waals surface area contributed by atoms with Gasteiger partial charge in [0.2, 0.25) is 0 Å². The number of rotatable bonds is 7. The van der Waals surface area contributed by atoms with Crippen molar-refractivity contribution in [2.45, 2.75) is 39.4 Å². The molecule has 1 aromatic carbocycles. The van der Waals surface area contributed by atoms with Crippen LogP contribution in [0.15, 0.2) is 24.3 Å². The van der Waals surface area contributed by atoms with Gasteiger partial charge in [0, 0.05) is 0 Å². The molecule has 0 saturated heterocycles. The molecule has 0 saturated carbocycles. The minimum absolute atomic E-state index is 0.00580. The molecule has 0 aliphatic carbocycles. The van der Waals surface area contributed by atoms with Crippen molar-refractivity contribution in [3.05, 3.63) is 29.8 Å². The standard InChI is InChI=1S/C15H20F2O4/c1-4-12(13(18)20-5-2)15(3,19)10-6-8-11(9-7-10)21-14(16)17/h6-9,12,14,19H,4-5H2,1-3H3. The van der Waals surface area contributed by atoms with Crippen LogP contribution in [0.3, 0.4) is 0 Å². The van der Waals surface area contributed by atoms with E-state index in [0.717, 1.165) is 0 Å². The fourth-order valence-electron chi connectivity index (χ4n) is 2.21. The van der Waals surface area contributed by atoms with E-state index in [0.29, 0.717) is 12.0 Å². The second-order valence-corrected chi connectivity index (χ2v) is 4.76. The normalized spacial score (nSPS) is 15.4. The van der Waals surface area contributed by atoms with Gasteiger partial charge in [-0.15, -0.1) is 0 Å². The molecule has 6 heteroatoms. The predicted molar refractivity (Wildman–Crippen MR) is 73.1 cm³/mol. The van der Waals surface area contributed by atoms with Crippen molar-refractivity contribution in [3.8, 4) is 5.75 Å². The first kappa shape index (κ1) is 17.4. The van der Waals surface area contributed by atoms with E-state index in [1.54, 1.807) is 13.8 Å². The Kier molecular flexibility index (Phi) is 6.08. The zero-order valence-electron chi connectivity index (χ0n) is 12.3. The van der Waals surface area contributed by atoms with Crippen LogP contribution in [0.5, 0.6) is 5.75 Å². The lowest BCUT2D eigenvalue weighted by molar-refractivity contribution is -0.158. The Morgan fingerprint density at radius 1 is 1.29 bits per heavy atom. The van der Waals surface area contributed by atoms with E-state index >= 15 is 0 Å². The molecule has 1 aromatic rings. The Balaban J connectivity index is 2.96. The molecule has 2 atom stereocenters. The molecule has 118 valence electrons. The van der Waals surface area contributed by atoms with Gasteiger partial charge >= 0.3 is 12.6 Å². The smallest absolute Gasteiger partial charge is 0.387 e. The molecule has 0 aromatic heterocycles. The highest BCUT2D eigenvalue weighted by molar-refractivity contribution is 5.74. The summed E-state index contributed by atoms with van der Waals surface area (Å²) >= 11 is 0. The number of ether oxygens (including phenoxy) is 2. The summed E-state index contributed by atoms with van der Waals surface area (Å²) in [5.74, 6) is -1.23. The summed E-state index contributed by atoms with van der Waals surface area (Å²) in [5, 5.41) is 10.6. The fraction of sp³-hybridized carbons (Fsp3) is 0.533. The molecule has 4 nitrogen and oxygen atoms in total. The average molecular weight is 302 g/mol. The SMILES string of the molecule is CCOC(=O)C(CC)C(C)(O)c1ccc(OC(F)F)cc1. The minimum atomic E-state index is -2.90. The van der Waals surface area contributed by atoms with Crippen molar-refractivity contribution in [1.29, 1.82) is 0 Å². The Morgan fingerprint density at radius 3 is 2.29 bits per heavy atom. The van der Waals surface area contributed by atoms with Crippen LogP contribution in [0.2, 0.25) is 0 Å². The summed E-state index contributed by atoms with van der Waals surface area (Å²) in [5.41, 5.74) is -1.02.